The number of ether oxygens (including phenoxy) is 1. The minimum atomic E-state index is -1.25. The molecule has 9 nitrogen and oxygen atoms in total. The highest BCUT2D eigenvalue weighted by molar-refractivity contribution is 6.11. The maximum Gasteiger partial charge on any atom is 0.341 e. The first-order valence-corrected chi connectivity index (χ1v) is 11.3. The Morgan fingerprint density at radius 1 is 1.23 bits per heavy atom. The molecule has 1 aliphatic rings. The first-order valence-electron chi connectivity index (χ1n) is 11.3. The molecule has 0 saturated heterocycles. The highest BCUT2D eigenvalue weighted by Crippen LogP contribution is 2.44. The number of nitrogens with two attached hydrogens (primary N) is 1. The smallest absolute Gasteiger partial charge is 0.341 e. The fourth-order valence-corrected chi connectivity index (χ4v) is 4.33. The van der Waals surface area contributed by atoms with Crippen LogP contribution in [0.3, 0.4) is 0 Å². The van der Waals surface area contributed by atoms with Crippen LogP contribution in [0.1, 0.15) is 61.1 Å². The van der Waals surface area contributed by atoms with Gasteiger partial charge in [0.15, 0.2) is 5.43 Å². The Balaban J connectivity index is 2.13. The summed E-state index contributed by atoms with van der Waals surface area (Å²) in [5.74, 6) is -1.60. The van der Waals surface area contributed by atoms with Crippen molar-refractivity contribution in [2.75, 3.05) is 13.7 Å². The van der Waals surface area contributed by atoms with E-state index in [1.54, 1.807) is 6.21 Å². The summed E-state index contributed by atoms with van der Waals surface area (Å²) in [6.07, 6.45) is 5.53. The number of methoxy groups -OCH3 is 1. The number of benzene rings is 1. The van der Waals surface area contributed by atoms with Gasteiger partial charge in [0.1, 0.15) is 11.3 Å². The summed E-state index contributed by atoms with van der Waals surface area (Å²) >= 11 is 0. The lowest BCUT2D eigenvalue weighted by atomic mass is 9.78. The van der Waals surface area contributed by atoms with Crippen molar-refractivity contribution in [3.63, 3.8) is 0 Å². The van der Waals surface area contributed by atoms with E-state index >= 15 is 0 Å². The summed E-state index contributed by atoms with van der Waals surface area (Å²) in [5.41, 5.74) is 8.60. The van der Waals surface area contributed by atoms with Crippen molar-refractivity contribution in [2.45, 2.75) is 46.1 Å². The highest BCUT2D eigenvalue weighted by atomic mass is 16.5. The second-order valence-corrected chi connectivity index (χ2v) is 9.60. The topological polar surface area (TPSA) is 144 Å². The van der Waals surface area contributed by atoms with Crippen LogP contribution in [-0.4, -0.2) is 46.6 Å². The minimum absolute atomic E-state index is 0.0394. The summed E-state index contributed by atoms with van der Waals surface area (Å²) in [4.78, 5) is 39.2. The molecule has 0 amide bonds. The molecule has 0 saturated carbocycles. The lowest BCUT2D eigenvalue weighted by molar-refractivity contribution is -0.137. The average Bonchev–Trinajstić information content (AvgIpc) is 2.78. The van der Waals surface area contributed by atoms with E-state index in [-0.39, 0.29) is 23.4 Å². The molecule has 9 heteroatoms. The predicted octanol–water partition coefficient (Wildman–Crippen LogP) is 3.60. The molecule has 4 N–H and O–H groups in total. The van der Waals surface area contributed by atoms with Crippen LogP contribution in [0.15, 0.2) is 40.4 Å². The number of carbonyl (C=O) groups is 2. The van der Waals surface area contributed by atoms with Crippen LogP contribution < -0.4 is 15.9 Å². The minimum Gasteiger partial charge on any atom is -0.496 e. The van der Waals surface area contributed by atoms with Gasteiger partial charge < -0.3 is 25.3 Å². The van der Waals surface area contributed by atoms with Gasteiger partial charge in [-0.3, -0.25) is 14.6 Å². The molecule has 1 aromatic heterocycles. The zero-order valence-electron chi connectivity index (χ0n) is 20.4. The van der Waals surface area contributed by atoms with Crippen molar-refractivity contribution < 1.29 is 24.5 Å². The van der Waals surface area contributed by atoms with Crippen LogP contribution in [0.25, 0.3) is 16.8 Å². The summed E-state index contributed by atoms with van der Waals surface area (Å²) in [6.45, 7) is 6.57. The van der Waals surface area contributed by atoms with Crippen LogP contribution in [-0.2, 0) is 11.2 Å². The second kappa shape index (κ2) is 10.2. The Morgan fingerprint density at radius 3 is 2.51 bits per heavy atom. The number of aromatic carboxylic acids is 1. The number of aromatic nitrogens is 1. The van der Waals surface area contributed by atoms with E-state index in [2.05, 4.69) is 25.8 Å². The van der Waals surface area contributed by atoms with E-state index in [0.717, 1.165) is 16.7 Å². The van der Waals surface area contributed by atoms with Crippen molar-refractivity contribution in [1.82, 2.24) is 4.57 Å². The predicted molar refractivity (Wildman–Crippen MR) is 134 cm³/mol. The molecule has 0 radical (unpaired) electrons. The fraction of sp³-hybridized carbons (Fsp3) is 0.385. The van der Waals surface area contributed by atoms with Crippen LogP contribution >= 0.6 is 0 Å². The molecule has 0 aliphatic carbocycles. The van der Waals surface area contributed by atoms with Gasteiger partial charge in [0.05, 0.1) is 12.8 Å². The lowest BCUT2D eigenvalue weighted by Crippen LogP contribution is -2.32. The normalized spacial score (nSPS) is 15.5. The summed E-state index contributed by atoms with van der Waals surface area (Å²) in [5, 5.41) is 18.3. The van der Waals surface area contributed by atoms with Gasteiger partial charge in [-0.1, -0.05) is 20.8 Å². The van der Waals surface area contributed by atoms with Gasteiger partial charge in [-0.15, -0.1) is 0 Å². The van der Waals surface area contributed by atoms with Gasteiger partial charge >= 0.3 is 11.9 Å². The molecule has 3 rings (SSSR count). The maximum absolute atomic E-state index is 12.6. The van der Waals surface area contributed by atoms with E-state index in [1.165, 1.54) is 25.6 Å². The molecule has 0 bridgehead atoms. The molecule has 1 atom stereocenters. The highest BCUT2D eigenvalue weighted by Gasteiger charge is 2.34. The van der Waals surface area contributed by atoms with Crippen molar-refractivity contribution in [2.24, 2.45) is 16.1 Å². The molecule has 2 aromatic rings. The number of aliphatic carboxylic acids is 1. The first kappa shape index (κ1) is 25.7. The third kappa shape index (κ3) is 5.45. The average molecular weight is 482 g/mol. The van der Waals surface area contributed by atoms with Gasteiger partial charge in [0, 0.05) is 60.4 Å². The van der Waals surface area contributed by atoms with Gasteiger partial charge in [-0.25, -0.2) is 4.79 Å². The van der Waals surface area contributed by atoms with Crippen LogP contribution in [0.4, 0.5) is 0 Å². The van der Waals surface area contributed by atoms with E-state index in [4.69, 9.17) is 15.6 Å². The molecule has 2 heterocycles. The first-order chi connectivity index (χ1) is 16.5. The Hall–Kier alpha value is -3.88. The van der Waals surface area contributed by atoms with Crippen molar-refractivity contribution in [1.29, 1.82) is 0 Å². The van der Waals surface area contributed by atoms with Gasteiger partial charge in [0.25, 0.3) is 0 Å². The molecule has 186 valence electrons. The van der Waals surface area contributed by atoms with Gasteiger partial charge in [-0.2, -0.15) is 0 Å². The number of hydrogen-bond donors (Lipinski definition) is 3. The quantitative estimate of drug-likeness (QED) is 0.386. The Bertz CT molecular complexity index is 1270. The molecule has 35 heavy (non-hydrogen) atoms. The molecule has 1 aliphatic heterocycles. The van der Waals surface area contributed by atoms with Gasteiger partial charge in [0.2, 0.25) is 0 Å². The Morgan fingerprint density at radius 2 is 1.94 bits per heavy atom. The summed E-state index contributed by atoms with van der Waals surface area (Å²) in [7, 11) is 1.53. The van der Waals surface area contributed by atoms with Crippen molar-refractivity contribution in [3.8, 4) is 17.0 Å². The molecule has 0 spiro atoms. The van der Waals surface area contributed by atoms with E-state index in [0.29, 0.717) is 36.4 Å². The number of hydrogen-bond acceptors (Lipinski definition) is 6. The van der Waals surface area contributed by atoms with E-state index in [9.17, 15) is 19.5 Å². The summed E-state index contributed by atoms with van der Waals surface area (Å²) < 4.78 is 7.52. The number of carboxylic acids is 2. The van der Waals surface area contributed by atoms with Crippen molar-refractivity contribution in [3.05, 3.63) is 57.5 Å². The number of nitrogens with zero attached hydrogens (tertiary/aromatic N) is 2. The zero-order valence-corrected chi connectivity index (χ0v) is 20.4. The number of rotatable bonds is 8. The number of fused-ring (bicyclic) bond motifs is 3. The number of aliphatic imine (C=N–C) groups is 1. The Kier molecular flexibility index (Phi) is 7.48. The zero-order chi connectivity index (χ0) is 25.9. The molecular weight excluding hydrogens is 450 g/mol. The fourth-order valence-electron chi connectivity index (χ4n) is 4.33. The molecule has 0 fully saturated rings. The van der Waals surface area contributed by atoms with E-state index in [1.807, 2.05) is 16.7 Å². The largest absolute Gasteiger partial charge is 0.496 e. The number of carboxylic acid groups (broad SMARTS) is 2. The van der Waals surface area contributed by atoms with E-state index < -0.39 is 17.4 Å². The number of allylic oxidation sites excluding steroid dienone is 1. The van der Waals surface area contributed by atoms with Crippen LogP contribution in [0.2, 0.25) is 0 Å². The SMILES string of the molecule is COc1cc2c(cc1/C(C=NCCCC(=O)O)=C/N)CC(C(C)(C)C)n1cc(C(=O)O)c(=O)cc1-2. The molecular formula is C26H31N3O6. The maximum atomic E-state index is 12.6. The monoisotopic (exact) mass is 481 g/mol. The number of pyridine rings is 1. The third-order valence-corrected chi connectivity index (χ3v) is 6.16. The Labute approximate surface area is 203 Å². The van der Waals surface area contributed by atoms with Crippen LogP contribution in [0.5, 0.6) is 5.75 Å². The van der Waals surface area contributed by atoms with Crippen LogP contribution in [0, 0.1) is 5.41 Å². The molecule has 1 aromatic carbocycles. The molecule has 1 unspecified atom stereocenters. The third-order valence-electron chi connectivity index (χ3n) is 6.16. The standard InChI is InChI=1S/C26H31N3O6/c1-26(2,3)23-9-15-8-18(16(12-27)13-28-7-5-6-24(31)32)22(35-4)10-17(15)20-11-21(30)19(25(33)34)14-29(20)23/h8,10-14,23H,5-7,9,27H2,1-4H3,(H,31,32)(H,33,34)/b16-12+,28-13?. The van der Waals surface area contributed by atoms with Gasteiger partial charge in [-0.05, 0) is 36.0 Å². The lowest BCUT2D eigenvalue weighted by Gasteiger charge is -2.39. The van der Waals surface area contributed by atoms with Crippen molar-refractivity contribution >= 4 is 23.7 Å². The summed E-state index contributed by atoms with van der Waals surface area (Å²) in [6, 6.07) is 5.08. The second-order valence-electron chi connectivity index (χ2n) is 9.60.